The molecule has 0 radical (unpaired) electrons. The van der Waals surface area contributed by atoms with Crippen LogP contribution in [-0.4, -0.2) is 22.4 Å². The van der Waals surface area contributed by atoms with Gasteiger partial charge in [0.1, 0.15) is 5.75 Å². The van der Waals surface area contributed by atoms with Gasteiger partial charge in [-0.2, -0.15) is 0 Å². The van der Waals surface area contributed by atoms with Crippen molar-refractivity contribution in [1.82, 2.24) is 9.55 Å². The zero-order valence-corrected chi connectivity index (χ0v) is 16.2. The molecule has 4 rings (SSSR count). The van der Waals surface area contributed by atoms with Gasteiger partial charge in [0, 0.05) is 34.6 Å². The van der Waals surface area contributed by atoms with Crippen LogP contribution in [0.4, 0.5) is 0 Å². The van der Waals surface area contributed by atoms with Crippen LogP contribution in [0.25, 0.3) is 10.9 Å². The van der Waals surface area contributed by atoms with Crippen molar-refractivity contribution in [3.63, 3.8) is 0 Å². The van der Waals surface area contributed by atoms with Gasteiger partial charge in [-0.05, 0) is 55.8 Å². The zero-order valence-electron chi connectivity index (χ0n) is 16.2. The number of aromatic nitrogens is 2. The highest BCUT2D eigenvalue weighted by Crippen LogP contribution is 2.33. The number of rotatable bonds is 5. The van der Waals surface area contributed by atoms with Crippen LogP contribution >= 0.6 is 0 Å². The SMILES string of the molecule is COc1ccc(C(=O)c2c(C)n(C(C)c3cccnc3)c3ccccc23)cc1. The highest BCUT2D eigenvalue weighted by atomic mass is 16.5. The lowest BCUT2D eigenvalue weighted by molar-refractivity contribution is 0.103. The summed E-state index contributed by atoms with van der Waals surface area (Å²) in [5.41, 5.74) is 4.51. The van der Waals surface area contributed by atoms with E-state index in [1.54, 1.807) is 13.3 Å². The van der Waals surface area contributed by atoms with Crippen molar-refractivity contribution in [2.24, 2.45) is 0 Å². The minimum absolute atomic E-state index is 0.0217. The Hall–Kier alpha value is -3.40. The smallest absolute Gasteiger partial charge is 0.195 e. The van der Waals surface area contributed by atoms with Crippen LogP contribution in [0.5, 0.6) is 5.75 Å². The average molecular weight is 370 g/mol. The van der Waals surface area contributed by atoms with E-state index < -0.39 is 0 Å². The summed E-state index contributed by atoms with van der Waals surface area (Å²) in [6.07, 6.45) is 3.65. The largest absolute Gasteiger partial charge is 0.497 e. The minimum Gasteiger partial charge on any atom is -0.497 e. The van der Waals surface area contributed by atoms with Gasteiger partial charge in [0.15, 0.2) is 5.78 Å². The molecule has 4 aromatic rings. The molecule has 2 aromatic heterocycles. The molecule has 0 N–H and O–H groups in total. The molecule has 140 valence electrons. The van der Waals surface area contributed by atoms with Crippen LogP contribution in [0.2, 0.25) is 0 Å². The van der Waals surface area contributed by atoms with Crippen LogP contribution in [-0.2, 0) is 0 Å². The highest BCUT2D eigenvalue weighted by Gasteiger charge is 2.23. The molecule has 4 heteroatoms. The molecule has 0 aliphatic rings. The van der Waals surface area contributed by atoms with E-state index in [1.165, 1.54) is 0 Å². The fraction of sp³-hybridized carbons (Fsp3) is 0.167. The maximum atomic E-state index is 13.4. The topological polar surface area (TPSA) is 44.1 Å². The number of carbonyl (C=O) groups excluding carboxylic acids is 1. The molecule has 28 heavy (non-hydrogen) atoms. The van der Waals surface area contributed by atoms with Gasteiger partial charge in [0.05, 0.1) is 18.7 Å². The van der Waals surface area contributed by atoms with Crippen LogP contribution in [0.15, 0.2) is 73.1 Å². The van der Waals surface area contributed by atoms with Crippen molar-refractivity contribution in [3.8, 4) is 5.75 Å². The summed E-state index contributed by atoms with van der Waals surface area (Å²) in [6.45, 7) is 4.15. The Labute approximate surface area is 164 Å². The number of fused-ring (bicyclic) bond motifs is 1. The molecule has 0 aliphatic carbocycles. The second-order valence-electron chi connectivity index (χ2n) is 6.87. The van der Waals surface area contributed by atoms with Crippen molar-refractivity contribution >= 4 is 16.7 Å². The van der Waals surface area contributed by atoms with Crippen molar-refractivity contribution in [2.45, 2.75) is 19.9 Å². The van der Waals surface area contributed by atoms with Gasteiger partial charge in [0.25, 0.3) is 0 Å². The summed E-state index contributed by atoms with van der Waals surface area (Å²) < 4.78 is 7.44. The van der Waals surface area contributed by atoms with E-state index in [9.17, 15) is 4.79 Å². The fourth-order valence-corrected chi connectivity index (χ4v) is 3.84. The maximum Gasteiger partial charge on any atom is 0.195 e. The molecule has 4 nitrogen and oxygen atoms in total. The lowest BCUT2D eigenvalue weighted by atomic mass is 10.0. The van der Waals surface area contributed by atoms with Gasteiger partial charge >= 0.3 is 0 Å². The first kappa shape index (κ1) is 18.0. The number of methoxy groups -OCH3 is 1. The summed E-state index contributed by atoms with van der Waals surface area (Å²) in [7, 11) is 1.62. The number of carbonyl (C=O) groups is 1. The van der Waals surface area contributed by atoms with Crippen LogP contribution in [0.3, 0.4) is 0 Å². The van der Waals surface area contributed by atoms with Crippen molar-refractivity contribution in [3.05, 3.63) is 95.4 Å². The first-order valence-electron chi connectivity index (χ1n) is 9.30. The van der Waals surface area contributed by atoms with E-state index in [0.29, 0.717) is 5.56 Å². The summed E-state index contributed by atoms with van der Waals surface area (Å²) in [5, 5.41) is 0.969. The van der Waals surface area contributed by atoms with Crippen LogP contribution < -0.4 is 4.74 Å². The second kappa shape index (κ2) is 7.31. The number of benzene rings is 2. The Morgan fingerprint density at radius 1 is 1.04 bits per heavy atom. The summed E-state index contributed by atoms with van der Waals surface area (Å²) in [5.74, 6) is 0.759. The van der Waals surface area contributed by atoms with Crippen LogP contribution in [0, 0.1) is 6.92 Å². The first-order valence-corrected chi connectivity index (χ1v) is 9.30. The molecule has 2 aromatic carbocycles. The number of nitrogens with zero attached hydrogens (tertiary/aromatic N) is 2. The predicted octanol–water partition coefficient (Wildman–Crippen LogP) is 5.19. The molecule has 0 amide bonds. The Balaban J connectivity index is 1.88. The van der Waals surface area contributed by atoms with Gasteiger partial charge in [-0.25, -0.2) is 0 Å². The average Bonchev–Trinajstić information content (AvgIpc) is 3.05. The Bertz CT molecular complexity index is 1130. The maximum absolute atomic E-state index is 13.4. The van der Waals surface area contributed by atoms with Gasteiger partial charge in [-0.15, -0.1) is 0 Å². The monoisotopic (exact) mass is 370 g/mol. The molecule has 0 bridgehead atoms. The van der Waals surface area contributed by atoms with E-state index in [0.717, 1.165) is 33.5 Å². The second-order valence-corrected chi connectivity index (χ2v) is 6.87. The molecular weight excluding hydrogens is 348 g/mol. The predicted molar refractivity (Wildman–Crippen MR) is 111 cm³/mol. The Kier molecular flexibility index (Phi) is 4.70. The zero-order chi connectivity index (χ0) is 19.7. The summed E-state index contributed by atoms with van der Waals surface area (Å²) in [4.78, 5) is 17.6. The number of para-hydroxylation sites is 1. The number of hydrogen-bond donors (Lipinski definition) is 0. The molecule has 2 heterocycles. The molecule has 0 saturated heterocycles. The third kappa shape index (κ3) is 2.97. The fourth-order valence-electron chi connectivity index (χ4n) is 3.84. The van der Waals surface area contributed by atoms with E-state index >= 15 is 0 Å². The molecule has 0 spiro atoms. The van der Waals surface area contributed by atoms with E-state index in [4.69, 9.17) is 4.74 Å². The number of hydrogen-bond acceptors (Lipinski definition) is 3. The van der Waals surface area contributed by atoms with Gasteiger partial charge in [0.2, 0.25) is 0 Å². The van der Waals surface area contributed by atoms with Gasteiger partial charge in [-0.1, -0.05) is 24.3 Å². The number of ether oxygens (including phenoxy) is 1. The van der Waals surface area contributed by atoms with E-state index in [1.807, 2.05) is 61.7 Å². The number of ketones is 1. The molecule has 0 aliphatic heterocycles. The quantitative estimate of drug-likeness (QED) is 0.454. The molecule has 0 saturated carbocycles. The third-order valence-electron chi connectivity index (χ3n) is 5.29. The van der Waals surface area contributed by atoms with Gasteiger partial charge < -0.3 is 9.30 Å². The standard InChI is InChI=1S/C24H22N2O2/c1-16(19-7-6-14-25-15-19)26-17(2)23(21-8-4-5-9-22(21)26)24(27)18-10-12-20(28-3)13-11-18/h4-16H,1-3H3. The van der Waals surface area contributed by atoms with E-state index in [-0.39, 0.29) is 11.8 Å². The van der Waals surface area contributed by atoms with Crippen LogP contribution in [0.1, 0.15) is 40.1 Å². The van der Waals surface area contributed by atoms with Crippen molar-refractivity contribution in [2.75, 3.05) is 7.11 Å². The summed E-state index contributed by atoms with van der Waals surface area (Å²) in [6, 6.07) is 19.4. The molecular formula is C24H22N2O2. The lowest BCUT2D eigenvalue weighted by Crippen LogP contribution is -2.10. The molecule has 1 unspecified atom stereocenters. The van der Waals surface area contributed by atoms with Gasteiger partial charge in [-0.3, -0.25) is 9.78 Å². The van der Waals surface area contributed by atoms with Crippen molar-refractivity contribution in [1.29, 1.82) is 0 Å². The molecule has 0 fully saturated rings. The lowest BCUT2D eigenvalue weighted by Gasteiger charge is -2.18. The van der Waals surface area contributed by atoms with Crippen molar-refractivity contribution < 1.29 is 9.53 Å². The van der Waals surface area contributed by atoms with E-state index in [2.05, 4.69) is 28.6 Å². The first-order chi connectivity index (χ1) is 13.6. The third-order valence-corrected chi connectivity index (χ3v) is 5.29. The Morgan fingerprint density at radius 3 is 2.46 bits per heavy atom. The summed E-state index contributed by atoms with van der Waals surface area (Å²) >= 11 is 0. The minimum atomic E-state index is 0.0217. The highest BCUT2D eigenvalue weighted by molar-refractivity contribution is 6.17. The normalized spacial score (nSPS) is 12.1. The Morgan fingerprint density at radius 2 is 1.79 bits per heavy atom. The number of pyridine rings is 1. The molecule has 1 atom stereocenters.